The molecule has 0 aromatic heterocycles. The van der Waals surface area contributed by atoms with Crippen molar-refractivity contribution in [2.75, 3.05) is 0 Å². The number of Topliss-reactive ketones (excluding diaryl/α,β-unsaturated/α-hetero) is 1. The summed E-state index contributed by atoms with van der Waals surface area (Å²) >= 11 is 0. The van der Waals surface area contributed by atoms with Crippen molar-refractivity contribution in [1.29, 1.82) is 0 Å². The van der Waals surface area contributed by atoms with Crippen molar-refractivity contribution in [3.05, 3.63) is 47.5 Å². The summed E-state index contributed by atoms with van der Waals surface area (Å²) in [6, 6.07) is 7.94. The molecule has 0 saturated carbocycles. The van der Waals surface area contributed by atoms with E-state index in [1.165, 1.54) is 0 Å². The van der Waals surface area contributed by atoms with Crippen LogP contribution < -0.4 is 0 Å². The third-order valence-electron chi connectivity index (χ3n) is 3.81. The van der Waals surface area contributed by atoms with Crippen LogP contribution in [0.5, 0.6) is 0 Å². The third-order valence-corrected chi connectivity index (χ3v) is 3.81. The van der Waals surface area contributed by atoms with Crippen LogP contribution in [0.15, 0.2) is 36.4 Å². The molecule has 1 unspecified atom stereocenters. The number of amides is 1. The van der Waals surface area contributed by atoms with E-state index < -0.39 is 0 Å². The number of carbonyl (C=O) groups excluding carboxylic acids is 2. The van der Waals surface area contributed by atoms with E-state index in [-0.39, 0.29) is 11.8 Å². The van der Waals surface area contributed by atoms with E-state index in [9.17, 15) is 9.59 Å². The van der Waals surface area contributed by atoms with Gasteiger partial charge in [-0.15, -0.1) is 0 Å². The Morgan fingerprint density at radius 1 is 1.38 bits per heavy atom. The maximum absolute atomic E-state index is 11.5. The van der Waals surface area contributed by atoms with E-state index in [0.29, 0.717) is 25.8 Å². The van der Waals surface area contributed by atoms with Crippen LogP contribution in [0.3, 0.4) is 0 Å². The highest BCUT2D eigenvalue weighted by Gasteiger charge is 2.19. The van der Waals surface area contributed by atoms with E-state index >= 15 is 0 Å². The van der Waals surface area contributed by atoms with Crippen LogP contribution in [0.1, 0.15) is 44.2 Å². The summed E-state index contributed by atoms with van der Waals surface area (Å²) in [6.45, 7) is 10.3. The van der Waals surface area contributed by atoms with Crippen molar-refractivity contribution >= 4 is 12.2 Å². The lowest BCUT2D eigenvalue weighted by Crippen LogP contribution is -2.35. The first-order valence-electron chi connectivity index (χ1n) is 7.42. The zero-order chi connectivity index (χ0) is 15.8. The van der Waals surface area contributed by atoms with Gasteiger partial charge in [-0.25, -0.2) is 0 Å². The standard InChI is InChI=1S/C18H25NO2/c1-5-17(21)10-11-18(14(2)3)19(13-20)12-16-9-7-6-8-15(16)4/h6-9,13,18H,2,5,10-12H2,1,3-4H3. The average Bonchev–Trinajstić information content (AvgIpc) is 2.47. The molecule has 21 heavy (non-hydrogen) atoms. The second-order valence-corrected chi connectivity index (χ2v) is 5.50. The van der Waals surface area contributed by atoms with Crippen LogP contribution in [0.25, 0.3) is 0 Å². The second kappa shape index (κ2) is 8.40. The lowest BCUT2D eigenvalue weighted by Gasteiger charge is -2.29. The summed E-state index contributed by atoms with van der Waals surface area (Å²) in [5.41, 5.74) is 3.20. The highest BCUT2D eigenvalue weighted by Crippen LogP contribution is 2.18. The summed E-state index contributed by atoms with van der Waals surface area (Å²) in [5.74, 6) is 0.225. The maximum Gasteiger partial charge on any atom is 0.210 e. The minimum Gasteiger partial charge on any atom is -0.334 e. The Bertz CT molecular complexity index is 508. The summed E-state index contributed by atoms with van der Waals surface area (Å²) in [5, 5.41) is 0. The van der Waals surface area contributed by atoms with Gasteiger partial charge in [0.2, 0.25) is 6.41 Å². The van der Waals surface area contributed by atoms with E-state index in [0.717, 1.165) is 23.1 Å². The van der Waals surface area contributed by atoms with Gasteiger partial charge in [0.1, 0.15) is 5.78 Å². The number of ketones is 1. The normalized spacial score (nSPS) is 11.8. The van der Waals surface area contributed by atoms with Crippen LogP contribution >= 0.6 is 0 Å². The molecule has 114 valence electrons. The molecule has 3 heteroatoms. The monoisotopic (exact) mass is 287 g/mol. The second-order valence-electron chi connectivity index (χ2n) is 5.50. The fourth-order valence-electron chi connectivity index (χ4n) is 2.37. The highest BCUT2D eigenvalue weighted by molar-refractivity contribution is 5.78. The summed E-state index contributed by atoms with van der Waals surface area (Å²) in [6.07, 6.45) is 2.54. The SMILES string of the molecule is C=C(C)C(CCC(=O)CC)N(C=O)Cc1ccccc1C. The molecule has 3 nitrogen and oxygen atoms in total. The first kappa shape index (κ1) is 17.2. The van der Waals surface area contributed by atoms with Crippen LogP contribution in [0.2, 0.25) is 0 Å². The first-order valence-corrected chi connectivity index (χ1v) is 7.42. The van der Waals surface area contributed by atoms with E-state index in [4.69, 9.17) is 0 Å². The van der Waals surface area contributed by atoms with E-state index in [1.54, 1.807) is 4.90 Å². The van der Waals surface area contributed by atoms with Crippen LogP contribution in [-0.4, -0.2) is 23.1 Å². The van der Waals surface area contributed by atoms with Gasteiger partial charge >= 0.3 is 0 Å². The van der Waals surface area contributed by atoms with Gasteiger partial charge < -0.3 is 4.90 Å². The number of carbonyl (C=O) groups is 2. The lowest BCUT2D eigenvalue weighted by atomic mass is 9.99. The Kier molecular flexibility index (Phi) is 6.86. The van der Waals surface area contributed by atoms with Crippen molar-refractivity contribution < 1.29 is 9.59 Å². The Morgan fingerprint density at radius 2 is 2.05 bits per heavy atom. The fraction of sp³-hybridized carbons (Fsp3) is 0.444. The Hall–Kier alpha value is -1.90. The van der Waals surface area contributed by atoms with Crippen LogP contribution in [-0.2, 0) is 16.1 Å². The van der Waals surface area contributed by atoms with Gasteiger partial charge in [-0.1, -0.05) is 43.3 Å². The number of rotatable bonds is 9. The number of nitrogens with zero attached hydrogens (tertiary/aromatic N) is 1. The minimum atomic E-state index is -0.0855. The van der Waals surface area contributed by atoms with Crippen LogP contribution in [0, 0.1) is 6.92 Å². The van der Waals surface area contributed by atoms with E-state index in [1.807, 2.05) is 45.0 Å². The van der Waals surface area contributed by atoms with Gasteiger partial charge in [0.05, 0.1) is 6.04 Å². The van der Waals surface area contributed by atoms with Crippen molar-refractivity contribution in [2.24, 2.45) is 0 Å². The smallest absolute Gasteiger partial charge is 0.210 e. The van der Waals surface area contributed by atoms with Gasteiger partial charge in [-0.05, 0) is 31.4 Å². The molecule has 0 spiro atoms. The molecule has 1 rings (SSSR count). The average molecular weight is 287 g/mol. The molecule has 0 aliphatic carbocycles. The van der Waals surface area contributed by atoms with Gasteiger partial charge in [0, 0.05) is 19.4 Å². The number of hydrogen-bond acceptors (Lipinski definition) is 2. The molecule has 0 heterocycles. The first-order chi connectivity index (χ1) is 9.99. The molecular weight excluding hydrogens is 262 g/mol. The summed E-state index contributed by atoms with van der Waals surface area (Å²) < 4.78 is 0. The molecule has 0 aliphatic heterocycles. The summed E-state index contributed by atoms with van der Waals surface area (Å²) in [4.78, 5) is 24.8. The Morgan fingerprint density at radius 3 is 2.57 bits per heavy atom. The van der Waals surface area contributed by atoms with Gasteiger partial charge in [-0.3, -0.25) is 9.59 Å². The largest absolute Gasteiger partial charge is 0.334 e. The van der Waals surface area contributed by atoms with E-state index in [2.05, 4.69) is 6.58 Å². The lowest BCUT2D eigenvalue weighted by molar-refractivity contribution is -0.122. The molecule has 1 amide bonds. The van der Waals surface area contributed by atoms with Crippen molar-refractivity contribution in [3.63, 3.8) is 0 Å². The Labute approximate surface area is 127 Å². The Balaban J connectivity index is 2.82. The molecule has 0 fully saturated rings. The zero-order valence-corrected chi connectivity index (χ0v) is 13.3. The van der Waals surface area contributed by atoms with Crippen molar-refractivity contribution in [1.82, 2.24) is 4.90 Å². The zero-order valence-electron chi connectivity index (χ0n) is 13.3. The quantitative estimate of drug-likeness (QED) is 0.513. The molecule has 0 aliphatic rings. The van der Waals surface area contributed by atoms with Gasteiger partial charge in [-0.2, -0.15) is 0 Å². The molecule has 0 radical (unpaired) electrons. The number of hydrogen-bond donors (Lipinski definition) is 0. The summed E-state index contributed by atoms with van der Waals surface area (Å²) in [7, 11) is 0. The molecule has 1 aromatic rings. The number of benzene rings is 1. The molecule has 0 bridgehead atoms. The van der Waals surface area contributed by atoms with Crippen molar-refractivity contribution in [2.45, 2.75) is 52.6 Å². The molecule has 1 aromatic carbocycles. The predicted octanol–water partition coefficient (Wildman–Crippen LogP) is 3.66. The fourth-order valence-corrected chi connectivity index (χ4v) is 2.37. The molecule has 1 atom stereocenters. The van der Waals surface area contributed by atoms with Gasteiger partial charge in [0.25, 0.3) is 0 Å². The highest BCUT2D eigenvalue weighted by atomic mass is 16.1. The van der Waals surface area contributed by atoms with Crippen molar-refractivity contribution in [3.8, 4) is 0 Å². The van der Waals surface area contributed by atoms with Gasteiger partial charge in [0.15, 0.2) is 0 Å². The maximum atomic E-state index is 11.5. The molecule has 0 saturated heterocycles. The minimum absolute atomic E-state index is 0.0855. The number of aryl methyl sites for hydroxylation is 1. The topological polar surface area (TPSA) is 37.4 Å². The third kappa shape index (κ3) is 5.18. The van der Waals surface area contributed by atoms with Crippen LogP contribution in [0.4, 0.5) is 0 Å². The molecule has 0 N–H and O–H groups in total. The predicted molar refractivity (Wildman–Crippen MR) is 85.9 cm³/mol. The molecular formula is C18H25NO2.